The number of aromatic nitrogens is 2. The largest absolute Gasteiger partial charge is 0.478 e. The van der Waals surface area contributed by atoms with Crippen LogP contribution in [0.1, 0.15) is 18.1 Å². The number of hydrogen-bond acceptors (Lipinski definition) is 8. The molecule has 3 N–H and O–H groups in total. The Balaban J connectivity index is 1.07. The number of carboxylic acid groups (broad SMARTS) is 1. The molecule has 6 rings (SSSR count). The number of nitrogens with zero attached hydrogens (tertiary/aromatic N) is 4. The number of carboxylic acids is 1. The highest BCUT2D eigenvalue weighted by molar-refractivity contribution is 5.78. The van der Waals surface area contributed by atoms with E-state index in [9.17, 15) is 9.90 Å². The summed E-state index contributed by atoms with van der Waals surface area (Å²) in [5, 5.41) is 10.1. The van der Waals surface area contributed by atoms with E-state index < -0.39 is 11.6 Å². The van der Waals surface area contributed by atoms with Gasteiger partial charge in [0.05, 0.1) is 0 Å². The van der Waals surface area contributed by atoms with Gasteiger partial charge in [0.2, 0.25) is 17.4 Å². The third-order valence-electron chi connectivity index (χ3n) is 8.10. The molecular formula is C37H37N5O4. The highest BCUT2D eigenvalue weighted by Gasteiger charge is 2.36. The van der Waals surface area contributed by atoms with Crippen LogP contribution in [-0.4, -0.2) is 57.7 Å². The highest BCUT2D eigenvalue weighted by atomic mass is 16.5. The van der Waals surface area contributed by atoms with Crippen LogP contribution >= 0.6 is 0 Å². The predicted octanol–water partition coefficient (Wildman–Crippen LogP) is 6.31. The van der Waals surface area contributed by atoms with Crippen molar-refractivity contribution < 1.29 is 19.4 Å². The molecule has 0 radical (unpaired) electrons. The summed E-state index contributed by atoms with van der Waals surface area (Å²) in [5.41, 5.74) is 8.79. The average molecular weight is 616 g/mol. The number of benzene rings is 4. The van der Waals surface area contributed by atoms with Crippen molar-refractivity contribution in [3.8, 4) is 28.5 Å². The molecule has 1 unspecified atom stereocenters. The van der Waals surface area contributed by atoms with Crippen LogP contribution in [0.3, 0.4) is 0 Å². The van der Waals surface area contributed by atoms with Crippen LogP contribution in [0.5, 0.6) is 17.4 Å². The summed E-state index contributed by atoms with van der Waals surface area (Å²) in [6.45, 7) is 5.96. The molecular weight excluding hydrogens is 578 g/mol. The lowest BCUT2D eigenvalue weighted by Crippen LogP contribution is -2.46. The van der Waals surface area contributed by atoms with Crippen LogP contribution in [0.15, 0.2) is 115 Å². The van der Waals surface area contributed by atoms with Gasteiger partial charge in [-0.25, -0.2) is 4.79 Å². The molecule has 46 heavy (non-hydrogen) atoms. The van der Waals surface area contributed by atoms with Crippen LogP contribution in [0.2, 0.25) is 0 Å². The first-order valence-corrected chi connectivity index (χ1v) is 15.3. The van der Waals surface area contributed by atoms with Gasteiger partial charge in [0.1, 0.15) is 17.3 Å². The fourth-order valence-corrected chi connectivity index (χ4v) is 5.57. The first-order chi connectivity index (χ1) is 22.3. The monoisotopic (exact) mass is 615 g/mol. The Bertz CT molecular complexity index is 1740. The number of carbonyl (C=O) groups is 1. The van der Waals surface area contributed by atoms with E-state index in [4.69, 9.17) is 15.2 Å². The normalized spacial score (nSPS) is 14.8. The topological polar surface area (TPSA) is 114 Å². The number of hydrogen-bond donors (Lipinski definition) is 2. The molecule has 0 amide bonds. The van der Waals surface area contributed by atoms with Crippen LogP contribution in [0.25, 0.3) is 11.1 Å². The van der Waals surface area contributed by atoms with Gasteiger partial charge in [-0.1, -0.05) is 84.9 Å². The van der Waals surface area contributed by atoms with Gasteiger partial charge in [-0.15, -0.1) is 0 Å². The summed E-state index contributed by atoms with van der Waals surface area (Å²) >= 11 is 0. The van der Waals surface area contributed by atoms with Crippen molar-refractivity contribution in [2.75, 3.05) is 36.8 Å². The maximum absolute atomic E-state index is 12.3. The summed E-state index contributed by atoms with van der Waals surface area (Å²) < 4.78 is 12.1. The molecule has 0 spiro atoms. The van der Waals surface area contributed by atoms with Gasteiger partial charge in [0.25, 0.3) is 0 Å². The lowest BCUT2D eigenvalue weighted by molar-refractivity contribution is -0.153. The van der Waals surface area contributed by atoms with Gasteiger partial charge < -0.3 is 25.2 Å². The van der Waals surface area contributed by atoms with Gasteiger partial charge in [-0.3, -0.25) is 4.90 Å². The number of nitrogen functional groups attached to an aromatic ring is 1. The lowest BCUT2D eigenvalue weighted by Gasteiger charge is -2.35. The van der Waals surface area contributed by atoms with Crippen LogP contribution < -0.4 is 20.1 Å². The maximum Gasteiger partial charge on any atom is 0.348 e. The summed E-state index contributed by atoms with van der Waals surface area (Å²) in [6.07, 6.45) is 0.157. The molecule has 0 saturated carbocycles. The summed E-state index contributed by atoms with van der Waals surface area (Å²) in [4.78, 5) is 25.7. The Labute approximate surface area is 268 Å². The van der Waals surface area contributed by atoms with Crippen LogP contribution in [0, 0.1) is 0 Å². The second-order valence-electron chi connectivity index (χ2n) is 11.6. The molecule has 2 heterocycles. The van der Waals surface area contributed by atoms with Crippen molar-refractivity contribution in [1.29, 1.82) is 0 Å². The maximum atomic E-state index is 12.3. The zero-order valence-electron chi connectivity index (χ0n) is 25.8. The fourth-order valence-electron chi connectivity index (χ4n) is 5.57. The second kappa shape index (κ2) is 13.7. The van der Waals surface area contributed by atoms with Gasteiger partial charge in [-0.05, 0) is 53.4 Å². The molecule has 5 aromatic rings. The van der Waals surface area contributed by atoms with E-state index in [0.29, 0.717) is 17.4 Å². The smallest absolute Gasteiger partial charge is 0.348 e. The number of piperazine rings is 1. The predicted molar refractivity (Wildman–Crippen MR) is 179 cm³/mol. The van der Waals surface area contributed by atoms with E-state index in [2.05, 4.69) is 44.0 Å². The van der Waals surface area contributed by atoms with Crippen LogP contribution in [0.4, 0.5) is 11.8 Å². The molecule has 1 aromatic heterocycles. The van der Waals surface area contributed by atoms with Crippen molar-refractivity contribution in [3.63, 3.8) is 0 Å². The van der Waals surface area contributed by atoms with Gasteiger partial charge in [0, 0.05) is 45.2 Å². The Morgan fingerprint density at radius 3 is 2.04 bits per heavy atom. The molecule has 9 nitrogen and oxygen atoms in total. The lowest BCUT2D eigenvalue weighted by atomic mass is 9.96. The molecule has 234 valence electrons. The number of rotatable bonds is 11. The minimum absolute atomic E-state index is 0.141. The Morgan fingerprint density at radius 2 is 1.39 bits per heavy atom. The summed E-state index contributed by atoms with van der Waals surface area (Å²) in [7, 11) is 0. The number of aliphatic carboxylic acids is 1. The molecule has 1 aliphatic heterocycles. The first-order valence-electron chi connectivity index (χ1n) is 15.3. The van der Waals surface area contributed by atoms with Crippen molar-refractivity contribution in [2.45, 2.75) is 25.5 Å². The molecule has 9 heteroatoms. The van der Waals surface area contributed by atoms with Crippen molar-refractivity contribution in [1.82, 2.24) is 14.9 Å². The number of anilines is 2. The standard InChI is InChI=1S/C37H37N5O4/c1-37(35(43)44,46-32-18-14-30(15-19-32)29-10-6-3-7-11-29)25-27-12-16-31(17-13-27)45-34-24-33(39-36(38)40-34)42-22-20-41(21-23-42)26-28-8-4-2-5-9-28/h2-19,24H,20-23,25-26H2,1H3,(H,43,44)(H2,38,39,40). The average Bonchev–Trinajstić information content (AvgIpc) is 3.07. The minimum atomic E-state index is -1.47. The molecule has 1 aliphatic rings. The van der Waals surface area contributed by atoms with Crippen molar-refractivity contribution in [2.24, 2.45) is 0 Å². The highest BCUT2D eigenvalue weighted by Crippen LogP contribution is 2.29. The molecule has 0 aliphatic carbocycles. The third-order valence-corrected chi connectivity index (χ3v) is 8.10. The van der Waals surface area contributed by atoms with Crippen LogP contribution in [-0.2, 0) is 17.8 Å². The fraction of sp³-hybridized carbons (Fsp3) is 0.216. The summed E-state index contributed by atoms with van der Waals surface area (Å²) in [6, 6.07) is 36.9. The molecule has 1 atom stereocenters. The number of nitrogens with two attached hydrogens (primary N) is 1. The van der Waals surface area contributed by atoms with Gasteiger partial charge in [0.15, 0.2) is 0 Å². The van der Waals surface area contributed by atoms with E-state index in [1.54, 1.807) is 37.3 Å². The Morgan fingerprint density at radius 1 is 0.783 bits per heavy atom. The number of ether oxygens (including phenoxy) is 2. The molecule has 4 aromatic carbocycles. The molecule has 1 fully saturated rings. The van der Waals surface area contributed by atoms with E-state index in [1.165, 1.54) is 5.56 Å². The van der Waals surface area contributed by atoms with E-state index >= 15 is 0 Å². The van der Waals surface area contributed by atoms with E-state index in [-0.39, 0.29) is 12.4 Å². The summed E-state index contributed by atoms with van der Waals surface area (Å²) in [5.74, 6) is 1.20. The second-order valence-corrected chi connectivity index (χ2v) is 11.6. The van der Waals surface area contributed by atoms with Crippen molar-refractivity contribution in [3.05, 3.63) is 126 Å². The Kier molecular flexibility index (Phi) is 9.12. The van der Waals surface area contributed by atoms with Crippen molar-refractivity contribution >= 4 is 17.7 Å². The minimum Gasteiger partial charge on any atom is -0.478 e. The van der Waals surface area contributed by atoms with Gasteiger partial charge >= 0.3 is 5.97 Å². The first kappa shape index (κ1) is 30.6. The van der Waals surface area contributed by atoms with Gasteiger partial charge in [-0.2, -0.15) is 9.97 Å². The molecule has 1 saturated heterocycles. The zero-order valence-corrected chi connectivity index (χ0v) is 25.8. The third kappa shape index (κ3) is 7.62. The quantitative estimate of drug-likeness (QED) is 0.177. The SMILES string of the molecule is CC(Cc1ccc(Oc2cc(N3CCN(Cc4ccccc4)CC3)nc(N)n2)cc1)(Oc1ccc(-c2ccccc2)cc1)C(=O)O. The van der Waals surface area contributed by atoms with E-state index in [1.807, 2.05) is 60.7 Å². The van der Waals surface area contributed by atoms with E-state index in [0.717, 1.165) is 55.2 Å². The molecule has 0 bridgehead atoms. The Hall–Kier alpha value is -5.41. The zero-order chi connectivity index (χ0) is 31.9.